The minimum atomic E-state index is -0.659. The van der Waals surface area contributed by atoms with Crippen LogP contribution in [0, 0.1) is 0 Å². The van der Waals surface area contributed by atoms with Crippen molar-refractivity contribution in [2.24, 2.45) is 5.73 Å². The third-order valence-corrected chi connectivity index (χ3v) is 4.31. The summed E-state index contributed by atoms with van der Waals surface area (Å²) in [6, 6.07) is 5.56. The van der Waals surface area contributed by atoms with Crippen molar-refractivity contribution >= 4 is 40.5 Å². The number of amides is 1. The summed E-state index contributed by atoms with van der Waals surface area (Å²) in [6.07, 6.45) is 0.283. The van der Waals surface area contributed by atoms with Gasteiger partial charge in [-0.2, -0.15) is 5.10 Å². The number of nitrogens with zero attached hydrogens (tertiary/aromatic N) is 2. The average molecular weight is 365 g/mol. The Kier molecular flexibility index (Phi) is 4.73. The fraction of sp³-hybridized carbons (Fsp3) is 0.375. The van der Waals surface area contributed by atoms with Gasteiger partial charge in [-0.25, -0.2) is 0 Å². The molecule has 9 heteroatoms. The van der Waals surface area contributed by atoms with E-state index in [1.54, 1.807) is 6.07 Å². The normalized spacial score (nSPS) is 20.5. The molecule has 1 saturated heterocycles. The fourth-order valence-electron chi connectivity index (χ4n) is 3.05. The van der Waals surface area contributed by atoms with E-state index in [4.69, 9.17) is 27.8 Å². The number of anilines is 4. The number of morpholine rings is 1. The molecular weight excluding hydrogens is 344 g/mol. The zero-order valence-electron chi connectivity index (χ0n) is 14.0. The van der Waals surface area contributed by atoms with Gasteiger partial charge in [0, 0.05) is 18.8 Å². The molecule has 1 aliphatic rings. The molecule has 0 bridgehead atoms. The first-order chi connectivity index (χ1) is 11.8. The van der Waals surface area contributed by atoms with Crippen LogP contribution in [0.2, 0.25) is 5.02 Å². The second kappa shape index (κ2) is 6.81. The van der Waals surface area contributed by atoms with E-state index in [9.17, 15) is 4.79 Å². The summed E-state index contributed by atoms with van der Waals surface area (Å²) in [4.78, 5) is 13.7. The lowest BCUT2D eigenvalue weighted by Crippen LogP contribution is -2.45. The van der Waals surface area contributed by atoms with Gasteiger partial charge in [0.2, 0.25) is 0 Å². The van der Waals surface area contributed by atoms with Gasteiger partial charge in [0.05, 0.1) is 22.9 Å². The number of rotatable bonds is 4. The van der Waals surface area contributed by atoms with Crippen LogP contribution < -0.4 is 21.7 Å². The minimum absolute atomic E-state index is 0.119. The van der Waals surface area contributed by atoms with Gasteiger partial charge in [0.1, 0.15) is 11.4 Å². The highest BCUT2D eigenvalue weighted by Gasteiger charge is 2.24. The first-order valence-corrected chi connectivity index (χ1v) is 8.33. The van der Waals surface area contributed by atoms with Crippen LogP contribution in [0.4, 0.5) is 23.0 Å². The molecular formula is C16H21ClN6O2. The summed E-state index contributed by atoms with van der Waals surface area (Å²) in [7, 11) is 0. The van der Waals surface area contributed by atoms with Crippen molar-refractivity contribution < 1.29 is 9.53 Å². The zero-order valence-corrected chi connectivity index (χ0v) is 14.8. The first-order valence-electron chi connectivity index (χ1n) is 7.95. The molecule has 25 heavy (non-hydrogen) atoms. The highest BCUT2D eigenvalue weighted by molar-refractivity contribution is 6.33. The monoisotopic (exact) mass is 364 g/mol. The Morgan fingerprint density at radius 2 is 2.08 bits per heavy atom. The summed E-state index contributed by atoms with van der Waals surface area (Å²) < 4.78 is 5.75. The van der Waals surface area contributed by atoms with Crippen molar-refractivity contribution in [2.75, 3.05) is 29.0 Å². The SMILES string of the molecule is C[C@@H]1CN(c2ccc(Nc3n[nH]c(N)c3C(N)=O)cc2Cl)C[C@H](C)O1. The molecule has 134 valence electrons. The van der Waals surface area contributed by atoms with Gasteiger partial charge in [-0.05, 0) is 32.0 Å². The number of H-pyrrole nitrogens is 1. The van der Waals surface area contributed by atoms with Gasteiger partial charge in [-0.15, -0.1) is 0 Å². The maximum absolute atomic E-state index is 11.5. The number of nitrogens with two attached hydrogens (primary N) is 2. The van der Waals surface area contributed by atoms with Crippen LogP contribution in [0.15, 0.2) is 18.2 Å². The molecule has 0 aliphatic carbocycles. The van der Waals surface area contributed by atoms with E-state index in [1.165, 1.54) is 0 Å². The Morgan fingerprint density at radius 3 is 2.68 bits per heavy atom. The van der Waals surface area contributed by atoms with E-state index in [1.807, 2.05) is 26.0 Å². The number of carbonyl (C=O) groups is 1. The van der Waals surface area contributed by atoms with Crippen LogP contribution in [-0.2, 0) is 4.74 Å². The van der Waals surface area contributed by atoms with Crippen LogP contribution >= 0.6 is 11.6 Å². The van der Waals surface area contributed by atoms with E-state index < -0.39 is 5.91 Å². The number of primary amides is 1. The summed E-state index contributed by atoms with van der Waals surface area (Å²) >= 11 is 6.46. The van der Waals surface area contributed by atoms with E-state index in [0.29, 0.717) is 10.7 Å². The number of aromatic nitrogens is 2. The first kappa shape index (κ1) is 17.4. The van der Waals surface area contributed by atoms with Crippen LogP contribution in [-0.4, -0.2) is 41.4 Å². The van der Waals surface area contributed by atoms with Gasteiger partial charge in [-0.1, -0.05) is 11.6 Å². The molecule has 0 spiro atoms. The Morgan fingerprint density at radius 1 is 1.40 bits per heavy atom. The summed E-state index contributed by atoms with van der Waals surface area (Å²) in [5.41, 5.74) is 12.7. The van der Waals surface area contributed by atoms with E-state index in [-0.39, 0.29) is 29.4 Å². The molecule has 8 nitrogen and oxygen atoms in total. The van der Waals surface area contributed by atoms with Gasteiger partial charge in [0.15, 0.2) is 5.82 Å². The number of carbonyl (C=O) groups excluding carboxylic acids is 1. The molecule has 0 radical (unpaired) electrons. The van der Waals surface area contributed by atoms with Crippen molar-refractivity contribution in [1.29, 1.82) is 0 Å². The van der Waals surface area contributed by atoms with Gasteiger partial charge in [-0.3, -0.25) is 9.89 Å². The number of hydrogen-bond acceptors (Lipinski definition) is 6. The van der Waals surface area contributed by atoms with Crippen LogP contribution in [0.1, 0.15) is 24.2 Å². The Hall–Kier alpha value is -2.45. The predicted molar refractivity (Wildman–Crippen MR) is 98.5 cm³/mol. The van der Waals surface area contributed by atoms with Crippen molar-refractivity contribution in [2.45, 2.75) is 26.1 Å². The number of nitrogens with one attached hydrogen (secondary N) is 2. The third-order valence-electron chi connectivity index (χ3n) is 4.01. The molecule has 2 heterocycles. The molecule has 2 aromatic rings. The summed E-state index contributed by atoms with van der Waals surface area (Å²) in [5, 5.41) is 10.1. The lowest BCUT2D eigenvalue weighted by Gasteiger charge is -2.37. The molecule has 1 aromatic heterocycles. The molecule has 0 saturated carbocycles. The second-order valence-corrected chi connectivity index (χ2v) is 6.59. The topological polar surface area (TPSA) is 122 Å². The number of nitrogen functional groups attached to an aromatic ring is 1. The van der Waals surface area contributed by atoms with Crippen molar-refractivity contribution in [1.82, 2.24) is 10.2 Å². The zero-order chi connectivity index (χ0) is 18.1. The number of hydrogen-bond donors (Lipinski definition) is 4. The molecule has 6 N–H and O–H groups in total. The quantitative estimate of drug-likeness (QED) is 0.659. The minimum Gasteiger partial charge on any atom is -0.383 e. The van der Waals surface area contributed by atoms with Crippen molar-refractivity contribution in [3.05, 3.63) is 28.8 Å². The molecule has 1 aliphatic heterocycles. The van der Waals surface area contributed by atoms with E-state index in [2.05, 4.69) is 20.4 Å². The van der Waals surface area contributed by atoms with Gasteiger partial charge < -0.3 is 26.4 Å². The van der Waals surface area contributed by atoms with Crippen LogP contribution in [0.5, 0.6) is 0 Å². The summed E-state index contributed by atoms with van der Waals surface area (Å²) in [6.45, 7) is 5.64. The molecule has 1 aromatic carbocycles. The lowest BCUT2D eigenvalue weighted by atomic mass is 10.2. The predicted octanol–water partition coefficient (Wildman–Crippen LogP) is 2.10. The van der Waals surface area contributed by atoms with Crippen molar-refractivity contribution in [3.8, 4) is 0 Å². The molecule has 2 atom stereocenters. The largest absolute Gasteiger partial charge is 0.383 e. The lowest BCUT2D eigenvalue weighted by molar-refractivity contribution is -0.00520. The van der Waals surface area contributed by atoms with Crippen molar-refractivity contribution in [3.63, 3.8) is 0 Å². The van der Waals surface area contributed by atoms with Gasteiger partial charge in [0.25, 0.3) is 5.91 Å². The maximum atomic E-state index is 11.5. The van der Waals surface area contributed by atoms with Crippen LogP contribution in [0.3, 0.4) is 0 Å². The molecule has 3 rings (SSSR count). The molecule has 1 amide bonds. The maximum Gasteiger partial charge on any atom is 0.256 e. The standard InChI is InChI=1S/C16H21ClN6O2/c1-8-6-23(7-9(2)25-8)12-4-3-10(5-11(12)17)20-16-13(15(19)24)14(18)21-22-16/h3-5,8-9H,6-7H2,1-2H3,(H2,19,24)(H4,18,20,21,22)/t8-,9+. The Bertz CT molecular complexity index is 783. The number of benzene rings is 1. The number of ether oxygens (including phenoxy) is 1. The average Bonchev–Trinajstić information content (AvgIpc) is 2.87. The van der Waals surface area contributed by atoms with E-state index in [0.717, 1.165) is 18.8 Å². The van der Waals surface area contributed by atoms with E-state index >= 15 is 0 Å². The van der Waals surface area contributed by atoms with Gasteiger partial charge >= 0.3 is 0 Å². The number of halogens is 1. The third kappa shape index (κ3) is 3.64. The number of aromatic amines is 1. The highest BCUT2D eigenvalue weighted by Crippen LogP contribution is 2.32. The second-order valence-electron chi connectivity index (χ2n) is 6.18. The highest BCUT2D eigenvalue weighted by atomic mass is 35.5. The fourth-order valence-corrected chi connectivity index (χ4v) is 3.35. The Labute approximate surface area is 150 Å². The molecule has 1 fully saturated rings. The molecule has 0 unspecified atom stereocenters. The smallest absolute Gasteiger partial charge is 0.256 e. The Balaban J connectivity index is 1.82. The summed E-state index contributed by atoms with van der Waals surface area (Å²) in [5.74, 6) is -0.274. The van der Waals surface area contributed by atoms with Crippen LogP contribution in [0.25, 0.3) is 0 Å².